The van der Waals surface area contributed by atoms with E-state index in [0.717, 1.165) is 0 Å². The van der Waals surface area contributed by atoms with Crippen molar-refractivity contribution in [1.82, 2.24) is 4.90 Å². The molecule has 1 atom stereocenters. The fourth-order valence-electron chi connectivity index (χ4n) is 1.73. The van der Waals surface area contributed by atoms with Gasteiger partial charge in [0.2, 0.25) is 0 Å². The number of nitrogen functional groups attached to an aromatic ring is 1. The zero-order chi connectivity index (χ0) is 15.3. The molecule has 1 amide bonds. The first-order valence-corrected chi connectivity index (χ1v) is 6.83. The second-order valence-electron chi connectivity index (χ2n) is 4.29. The van der Waals surface area contributed by atoms with Gasteiger partial charge in [-0.25, -0.2) is 4.79 Å². The lowest BCUT2D eigenvalue weighted by Crippen LogP contribution is -2.39. The summed E-state index contributed by atoms with van der Waals surface area (Å²) in [5.74, 6) is -0.815. The van der Waals surface area contributed by atoms with Crippen molar-refractivity contribution >= 4 is 29.2 Å². The van der Waals surface area contributed by atoms with Crippen molar-refractivity contribution in [1.29, 1.82) is 0 Å². The largest absolute Gasteiger partial charge is 0.449 e. The normalized spacial score (nSPS) is 11.8. The Hall–Kier alpha value is -1.75. The zero-order valence-corrected chi connectivity index (χ0v) is 12.6. The number of halogens is 1. The van der Waals surface area contributed by atoms with E-state index in [1.807, 2.05) is 13.8 Å². The van der Waals surface area contributed by atoms with Crippen LogP contribution in [0, 0.1) is 0 Å². The van der Waals surface area contributed by atoms with Gasteiger partial charge in [0.1, 0.15) is 0 Å². The average molecular weight is 299 g/mol. The minimum atomic E-state index is -0.835. The summed E-state index contributed by atoms with van der Waals surface area (Å²) in [6.07, 6.45) is -0.835. The maximum absolute atomic E-state index is 12.0. The molecule has 0 aliphatic rings. The van der Waals surface area contributed by atoms with E-state index in [9.17, 15) is 9.59 Å². The van der Waals surface area contributed by atoms with Crippen LogP contribution in [0.15, 0.2) is 18.2 Å². The number of anilines is 1. The highest BCUT2D eigenvalue weighted by Crippen LogP contribution is 2.20. The lowest BCUT2D eigenvalue weighted by Gasteiger charge is -2.22. The summed E-state index contributed by atoms with van der Waals surface area (Å²) >= 11 is 5.84. The number of carbonyl (C=O) groups excluding carboxylic acids is 2. The van der Waals surface area contributed by atoms with E-state index in [-0.39, 0.29) is 16.5 Å². The minimum absolute atomic E-state index is 0.218. The summed E-state index contributed by atoms with van der Waals surface area (Å²) in [4.78, 5) is 25.5. The molecule has 0 aliphatic carbocycles. The van der Waals surface area contributed by atoms with E-state index in [1.54, 1.807) is 11.8 Å². The summed E-state index contributed by atoms with van der Waals surface area (Å²) < 4.78 is 5.15. The first-order valence-electron chi connectivity index (χ1n) is 6.45. The quantitative estimate of drug-likeness (QED) is 0.669. The van der Waals surface area contributed by atoms with Crippen LogP contribution < -0.4 is 5.73 Å². The SMILES string of the molecule is CCN(CC)C(=O)C(C)OC(=O)c1ccc(N)c(Cl)c1. The third-order valence-electron chi connectivity index (χ3n) is 2.94. The maximum atomic E-state index is 12.0. The second-order valence-corrected chi connectivity index (χ2v) is 4.70. The van der Waals surface area contributed by atoms with Crippen LogP contribution in [-0.4, -0.2) is 36.0 Å². The van der Waals surface area contributed by atoms with Crippen LogP contribution in [0.5, 0.6) is 0 Å². The van der Waals surface area contributed by atoms with Crippen LogP contribution in [0.3, 0.4) is 0 Å². The molecule has 0 aromatic heterocycles. The summed E-state index contributed by atoms with van der Waals surface area (Å²) in [5, 5.41) is 0.280. The van der Waals surface area contributed by atoms with Gasteiger partial charge in [0.05, 0.1) is 16.3 Å². The zero-order valence-electron chi connectivity index (χ0n) is 11.9. The monoisotopic (exact) mass is 298 g/mol. The van der Waals surface area contributed by atoms with Crippen LogP contribution in [0.25, 0.3) is 0 Å². The molecule has 0 saturated carbocycles. The van der Waals surface area contributed by atoms with Gasteiger partial charge >= 0.3 is 5.97 Å². The van der Waals surface area contributed by atoms with Crippen molar-refractivity contribution in [2.24, 2.45) is 0 Å². The van der Waals surface area contributed by atoms with Gasteiger partial charge in [-0.3, -0.25) is 4.79 Å². The summed E-state index contributed by atoms with van der Waals surface area (Å²) in [5.41, 5.74) is 6.22. The van der Waals surface area contributed by atoms with Gasteiger partial charge in [-0.1, -0.05) is 11.6 Å². The Bertz CT molecular complexity index is 501. The van der Waals surface area contributed by atoms with Crippen LogP contribution >= 0.6 is 11.6 Å². The van der Waals surface area contributed by atoms with Gasteiger partial charge in [0.15, 0.2) is 6.10 Å². The number of likely N-dealkylation sites (N-methyl/N-ethyl adjacent to an activating group) is 1. The van der Waals surface area contributed by atoms with E-state index in [2.05, 4.69) is 0 Å². The lowest BCUT2D eigenvalue weighted by molar-refractivity contribution is -0.139. The number of hydrogen-bond donors (Lipinski definition) is 1. The van der Waals surface area contributed by atoms with E-state index < -0.39 is 12.1 Å². The van der Waals surface area contributed by atoms with Crippen molar-refractivity contribution in [2.75, 3.05) is 18.8 Å². The van der Waals surface area contributed by atoms with Crippen LogP contribution in [0.4, 0.5) is 5.69 Å². The second kappa shape index (κ2) is 7.14. The number of hydrogen-bond acceptors (Lipinski definition) is 4. The van der Waals surface area contributed by atoms with Crippen molar-refractivity contribution in [2.45, 2.75) is 26.9 Å². The standard InChI is InChI=1S/C14H19ClN2O3/c1-4-17(5-2)13(18)9(3)20-14(19)10-6-7-12(16)11(15)8-10/h6-9H,4-5,16H2,1-3H3. The molecule has 2 N–H and O–H groups in total. The molecule has 0 spiro atoms. The van der Waals surface area contributed by atoms with Crippen molar-refractivity contribution in [3.8, 4) is 0 Å². The molecule has 0 bridgehead atoms. The highest BCUT2D eigenvalue weighted by Gasteiger charge is 2.22. The topological polar surface area (TPSA) is 72.6 Å². The first-order chi connectivity index (χ1) is 9.40. The molecule has 20 heavy (non-hydrogen) atoms. The Morgan fingerprint density at radius 3 is 2.45 bits per heavy atom. The Morgan fingerprint density at radius 1 is 1.35 bits per heavy atom. The van der Waals surface area contributed by atoms with Crippen molar-refractivity contribution in [3.05, 3.63) is 28.8 Å². The van der Waals surface area contributed by atoms with E-state index in [4.69, 9.17) is 22.1 Å². The molecule has 0 aliphatic heterocycles. The third-order valence-corrected chi connectivity index (χ3v) is 3.27. The Morgan fingerprint density at radius 2 is 1.95 bits per heavy atom. The van der Waals surface area contributed by atoms with Crippen molar-refractivity contribution < 1.29 is 14.3 Å². The molecule has 0 fully saturated rings. The predicted octanol–water partition coefficient (Wildman–Crippen LogP) is 2.34. The Balaban J connectivity index is 2.74. The number of carbonyl (C=O) groups is 2. The summed E-state index contributed by atoms with van der Waals surface area (Å²) in [6.45, 7) is 6.44. The first kappa shape index (κ1) is 16.3. The number of amides is 1. The number of nitrogens with two attached hydrogens (primary N) is 1. The van der Waals surface area contributed by atoms with E-state index in [1.165, 1.54) is 18.2 Å². The molecule has 1 rings (SSSR count). The third kappa shape index (κ3) is 3.87. The van der Waals surface area contributed by atoms with Crippen LogP contribution in [0.1, 0.15) is 31.1 Å². The van der Waals surface area contributed by atoms with Gasteiger partial charge < -0.3 is 15.4 Å². The number of esters is 1. The number of rotatable bonds is 5. The predicted molar refractivity (Wildman–Crippen MR) is 78.7 cm³/mol. The average Bonchev–Trinajstić information content (AvgIpc) is 2.42. The smallest absolute Gasteiger partial charge is 0.338 e. The molecule has 0 saturated heterocycles. The number of benzene rings is 1. The van der Waals surface area contributed by atoms with Gasteiger partial charge in [-0.2, -0.15) is 0 Å². The van der Waals surface area contributed by atoms with E-state index >= 15 is 0 Å². The molecule has 5 nitrogen and oxygen atoms in total. The molecule has 6 heteroatoms. The fourth-order valence-corrected chi connectivity index (χ4v) is 1.91. The van der Waals surface area contributed by atoms with Gasteiger partial charge in [0, 0.05) is 13.1 Å². The van der Waals surface area contributed by atoms with Crippen LogP contribution in [-0.2, 0) is 9.53 Å². The molecule has 1 aromatic carbocycles. The summed E-state index contributed by atoms with van der Waals surface area (Å²) in [7, 11) is 0. The minimum Gasteiger partial charge on any atom is -0.449 e. The number of ether oxygens (including phenoxy) is 1. The fraction of sp³-hybridized carbons (Fsp3) is 0.429. The van der Waals surface area contributed by atoms with Crippen molar-refractivity contribution in [3.63, 3.8) is 0 Å². The molecular weight excluding hydrogens is 280 g/mol. The molecule has 0 radical (unpaired) electrons. The van der Waals surface area contributed by atoms with Crippen LogP contribution in [0.2, 0.25) is 5.02 Å². The number of nitrogens with zero attached hydrogens (tertiary/aromatic N) is 1. The lowest BCUT2D eigenvalue weighted by atomic mass is 10.2. The summed E-state index contributed by atoms with van der Waals surface area (Å²) in [6, 6.07) is 4.46. The molecule has 110 valence electrons. The van der Waals surface area contributed by atoms with Gasteiger partial charge in [-0.15, -0.1) is 0 Å². The van der Waals surface area contributed by atoms with E-state index in [0.29, 0.717) is 18.8 Å². The van der Waals surface area contributed by atoms with Gasteiger partial charge in [0.25, 0.3) is 5.91 Å². The van der Waals surface area contributed by atoms with Gasteiger partial charge in [-0.05, 0) is 39.0 Å². The highest BCUT2D eigenvalue weighted by molar-refractivity contribution is 6.33. The molecular formula is C14H19ClN2O3. The molecule has 1 aromatic rings. The maximum Gasteiger partial charge on any atom is 0.338 e. The highest BCUT2D eigenvalue weighted by atomic mass is 35.5. The molecule has 1 unspecified atom stereocenters. The Kier molecular flexibility index (Phi) is 5.82. The molecule has 0 heterocycles. The Labute approximate surface area is 123 Å².